The number of carbonyl (C=O) groups excluding carboxylic acids is 1. The quantitative estimate of drug-likeness (QED) is 0.0261. The molecule has 0 aromatic heterocycles. The highest BCUT2D eigenvalue weighted by Crippen LogP contribution is 2.23. The van der Waals surface area contributed by atoms with E-state index in [2.05, 4.69) is 92.1 Å². The number of amides is 1. The minimum atomic E-state index is -1.58. The van der Waals surface area contributed by atoms with Gasteiger partial charge in [-0.3, -0.25) is 4.79 Å². The Kier molecular flexibility index (Phi) is 55.1. The SMILES string of the molecule is CC/C=C\C/C=C\C/C=C\C/C=C\CCCCCCCCCCCCCCCCCCCCCCCCC(=O)NC(COC1OC(CO)C(O)C(O)C1O)C(O)/C=C/CC/C=C/CC/C=C/CCCCCCCCCCCCC. The van der Waals surface area contributed by atoms with E-state index < -0.39 is 49.5 Å². The molecule has 6 N–H and O–H groups in total. The summed E-state index contributed by atoms with van der Waals surface area (Å²) in [5.41, 5.74) is 0. The summed E-state index contributed by atoms with van der Waals surface area (Å²) in [6.07, 6.45) is 76.8. The van der Waals surface area contributed by atoms with E-state index in [9.17, 15) is 30.3 Å². The highest BCUT2D eigenvalue weighted by Gasteiger charge is 2.44. The molecule has 1 rings (SSSR count). The van der Waals surface area contributed by atoms with Crippen LogP contribution in [-0.2, 0) is 14.3 Å². The second-order valence-corrected chi connectivity index (χ2v) is 22.9. The van der Waals surface area contributed by atoms with Gasteiger partial charge < -0.3 is 40.3 Å². The van der Waals surface area contributed by atoms with Crippen LogP contribution in [-0.4, -0.2) is 87.5 Å². The van der Waals surface area contributed by atoms with Crippen LogP contribution in [0, 0.1) is 0 Å². The van der Waals surface area contributed by atoms with Crippen molar-refractivity contribution in [3.05, 3.63) is 85.1 Å². The largest absolute Gasteiger partial charge is 0.394 e. The van der Waals surface area contributed by atoms with Gasteiger partial charge in [0.05, 0.1) is 25.4 Å². The molecular weight excluding hydrogens is 983 g/mol. The maximum absolute atomic E-state index is 13.1. The van der Waals surface area contributed by atoms with Gasteiger partial charge in [-0.1, -0.05) is 292 Å². The van der Waals surface area contributed by atoms with E-state index >= 15 is 0 Å². The van der Waals surface area contributed by atoms with Gasteiger partial charge in [0, 0.05) is 6.42 Å². The molecule has 0 aromatic rings. The number of hydrogen-bond donors (Lipinski definition) is 6. The molecular formula is C70H125NO8. The summed E-state index contributed by atoms with van der Waals surface area (Å²) in [5, 5.41) is 54.6. The average Bonchev–Trinajstić information content (AvgIpc) is 3.47. The Morgan fingerprint density at radius 1 is 0.443 bits per heavy atom. The van der Waals surface area contributed by atoms with Crippen LogP contribution < -0.4 is 5.32 Å². The normalized spacial score (nSPS) is 19.1. The molecule has 458 valence electrons. The van der Waals surface area contributed by atoms with E-state index in [1.54, 1.807) is 6.08 Å². The molecule has 1 aliphatic rings. The van der Waals surface area contributed by atoms with Crippen LogP contribution in [0.3, 0.4) is 0 Å². The summed E-state index contributed by atoms with van der Waals surface area (Å²) in [4.78, 5) is 13.1. The zero-order valence-corrected chi connectivity index (χ0v) is 51.1. The van der Waals surface area contributed by atoms with Crippen LogP contribution in [0.1, 0.15) is 296 Å². The van der Waals surface area contributed by atoms with Crippen molar-refractivity contribution in [2.24, 2.45) is 0 Å². The summed E-state index contributed by atoms with van der Waals surface area (Å²) < 4.78 is 11.3. The van der Waals surface area contributed by atoms with Gasteiger partial charge in [0.15, 0.2) is 6.29 Å². The van der Waals surface area contributed by atoms with Crippen molar-refractivity contribution >= 4 is 5.91 Å². The minimum absolute atomic E-state index is 0.188. The number of carbonyl (C=O) groups is 1. The fraction of sp³-hybridized carbons (Fsp3) is 0.786. The first-order valence-electron chi connectivity index (χ1n) is 33.3. The summed E-state index contributed by atoms with van der Waals surface area (Å²) in [6.45, 7) is 3.67. The van der Waals surface area contributed by atoms with Crippen LogP contribution in [0.2, 0.25) is 0 Å². The molecule has 0 saturated carbocycles. The Morgan fingerprint density at radius 2 is 0.797 bits per heavy atom. The maximum Gasteiger partial charge on any atom is 0.220 e. The van der Waals surface area contributed by atoms with E-state index in [4.69, 9.17) is 9.47 Å². The van der Waals surface area contributed by atoms with Gasteiger partial charge in [-0.15, -0.1) is 0 Å². The van der Waals surface area contributed by atoms with Gasteiger partial charge in [-0.05, 0) is 83.5 Å². The third-order valence-corrected chi connectivity index (χ3v) is 15.4. The monoisotopic (exact) mass is 1110 g/mol. The molecule has 0 spiro atoms. The van der Waals surface area contributed by atoms with Gasteiger partial charge in [-0.25, -0.2) is 0 Å². The molecule has 1 aliphatic heterocycles. The zero-order chi connectivity index (χ0) is 57.2. The molecule has 1 fully saturated rings. The molecule has 9 heteroatoms. The van der Waals surface area contributed by atoms with Crippen molar-refractivity contribution in [2.45, 2.75) is 339 Å². The van der Waals surface area contributed by atoms with Crippen molar-refractivity contribution in [3.8, 4) is 0 Å². The van der Waals surface area contributed by atoms with Gasteiger partial charge in [0.25, 0.3) is 0 Å². The molecule has 0 aliphatic carbocycles. The Labute approximate surface area is 486 Å². The molecule has 7 atom stereocenters. The van der Waals surface area contributed by atoms with Crippen molar-refractivity contribution < 1.29 is 39.8 Å². The second kappa shape index (κ2) is 58.6. The summed E-state index contributed by atoms with van der Waals surface area (Å²) in [7, 11) is 0. The summed E-state index contributed by atoms with van der Waals surface area (Å²) in [5.74, 6) is -0.188. The first kappa shape index (κ1) is 74.4. The first-order chi connectivity index (χ1) is 38.8. The van der Waals surface area contributed by atoms with Gasteiger partial charge in [0.1, 0.15) is 24.4 Å². The molecule has 7 unspecified atom stereocenters. The number of allylic oxidation sites excluding steroid dienone is 13. The predicted octanol–water partition coefficient (Wildman–Crippen LogP) is 17.7. The number of aliphatic hydroxyl groups excluding tert-OH is 5. The molecule has 0 radical (unpaired) electrons. The Balaban J connectivity index is 2.14. The fourth-order valence-electron chi connectivity index (χ4n) is 10.2. The lowest BCUT2D eigenvalue weighted by molar-refractivity contribution is -0.302. The number of ether oxygens (including phenoxy) is 2. The van der Waals surface area contributed by atoms with E-state index in [1.807, 2.05) is 6.08 Å². The lowest BCUT2D eigenvalue weighted by atomic mass is 9.99. The number of rotatable bonds is 57. The van der Waals surface area contributed by atoms with Crippen LogP contribution in [0.5, 0.6) is 0 Å². The first-order valence-corrected chi connectivity index (χ1v) is 33.3. The fourth-order valence-corrected chi connectivity index (χ4v) is 10.2. The average molecular weight is 1110 g/mol. The topological polar surface area (TPSA) is 149 Å². The van der Waals surface area contributed by atoms with E-state index in [1.165, 1.54) is 205 Å². The maximum atomic E-state index is 13.1. The van der Waals surface area contributed by atoms with Crippen LogP contribution in [0.4, 0.5) is 0 Å². The zero-order valence-electron chi connectivity index (χ0n) is 51.1. The van der Waals surface area contributed by atoms with E-state index in [0.29, 0.717) is 6.42 Å². The molecule has 1 saturated heterocycles. The van der Waals surface area contributed by atoms with Crippen LogP contribution in [0.15, 0.2) is 85.1 Å². The number of aliphatic hydroxyl groups is 5. The van der Waals surface area contributed by atoms with E-state index in [-0.39, 0.29) is 12.5 Å². The van der Waals surface area contributed by atoms with Gasteiger partial charge >= 0.3 is 0 Å². The molecule has 0 aromatic carbocycles. The smallest absolute Gasteiger partial charge is 0.220 e. The van der Waals surface area contributed by atoms with Crippen molar-refractivity contribution in [1.82, 2.24) is 5.32 Å². The second-order valence-electron chi connectivity index (χ2n) is 22.9. The number of unbranched alkanes of at least 4 members (excludes halogenated alkanes) is 35. The number of hydrogen-bond acceptors (Lipinski definition) is 8. The molecule has 1 amide bonds. The highest BCUT2D eigenvalue weighted by atomic mass is 16.7. The predicted molar refractivity (Wildman–Crippen MR) is 336 cm³/mol. The number of nitrogens with one attached hydrogen (secondary N) is 1. The highest BCUT2D eigenvalue weighted by molar-refractivity contribution is 5.76. The standard InChI is InChI=1S/C70H125NO8/c1-3-5-7-9-11-13-15-17-19-21-23-25-26-27-28-29-30-31-32-33-34-35-36-37-38-40-42-44-46-48-50-52-54-56-58-60-66(74)71-63(62-78-70-69(77)68(76)67(75)65(61-72)79-70)64(73)59-57-55-53-51-49-47-45-43-41-39-24-22-20-18-16-14-12-10-8-6-4-2/h5,7,11,13,17,19,23,25,41,43,49,51,57,59,63-65,67-70,72-73,75-77H,3-4,6,8-10,12,14-16,18,20-22,24,26-40,42,44-48,50,52-56,58,60-62H2,1-2H3,(H,71,74)/b7-5-,13-11-,19-17-,25-23-,43-41+,51-49+,59-57+. The Morgan fingerprint density at radius 3 is 1.22 bits per heavy atom. The molecule has 79 heavy (non-hydrogen) atoms. The third-order valence-electron chi connectivity index (χ3n) is 15.4. The summed E-state index contributed by atoms with van der Waals surface area (Å²) >= 11 is 0. The van der Waals surface area contributed by atoms with Gasteiger partial charge in [-0.2, -0.15) is 0 Å². The minimum Gasteiger partial charge on any atom is -0.394 e. The lowest BCUT2D eigenvalue weighted by Crippen LogP contribution is -2.60. The van der Waals surface area contributed by atoms with E-state index in [0.717, 1.165) is 70.6 Å². The van der Waals surface area contributed by atoms with Crippen molar-refractivity contribution in [1.29, 1.82) is 0 Å². The lowest BCUT2D eigenvalue weighted by Gasteiger charge is -2.40. The van der Waals surface area contributed by atoms with Crippen molar-refractivity contribution in [2.75, 3.05) is 13.2 Å². The van der Waals surface area contributed by atoms with Crippen molar-refractivity contribution in [3.63, 3.8) is 0 Å². The van der Waals surface area contributed by atoms with Gasteiger partial charge in [0.2, 0.25) is 5.91 Å². The molecule has 9 nitrogen and oxygen atoms in total. The van der Waals surface area contributed by atoms with Crippen LogP contribution in [0.25, 0.3) is 0 Å². The third kappa shape index (κ3) is 47.6. The molecule has 1 heterocycles. The molecule has 0 bridgehead atoms. The Hall–Kier alpha value is -2.63. The Bertz CT molecular complexity index is 1520. The van der Waals surface area contributed by atoms with Crippen LogP contribution >= 0.6 is 0 Å². The summed E-state index contributed by atoms with van der Waals surface area (Å²) in [6, 6.07) is -0.831.